The highest BCUT2D eigenvalue weighted by Crippen LogP contribution is 2.38. The molecule has 0 unspecified atom stereocenters. The Labute approximate surface area is 142 Å². The minimum absolute atomic E-state index is 0.444. The third-order valence-corrected chi connectivity index (χ3v) is 4.98. The minimum Gasteiger partial charge on any atom is -0.481 e. The zero-order chi connectivity index (χ0) is 18.2. The number of carboxylic acid groups (broad SMARTS) is 1. The molecule has 0 saturated carbocycles. The predicted octanol–water partition coefficient (Wildman–Crippen LogP) is 3.29. The number of amides is 2. The van der Waals surface area contributed by atoms with Crippen LogP contribution in [0.2, 0.25) is 0 Å². The van der Waals surface area contributed by atoms with Crippen molar-refractivity contribution in [3.63, 3.8) is 0 Å². The number of carboxylic acids is 1. The Bertz CT molecular complexity index is 690. The summed E-state index contributed by atoms with van der Waals surface area (Å²) in [5.74, 6) is -5.20. The molecule has 3 rings (SSSR count). The molecule has 1 aliphatic heterocycles. The largest absolute Gasteiger partial charge is 0.481 e. The molecule has 0 radical (unpaired) electrons. The van der Waals surface area contributed by atoms with Gasteiger partial charge in [0.25, 0.3) is 0 Å². The van der Waals surface area contributed by atoms with Gasteiger partial charge in [0.15, 0.2) is 0 Å². The van der Waals surface area contributed by atoms with E-state index < -0.39 is 43.1 Å². The number of aliphatic carboxylic acids is 1. The first-order valence-corrected chi connectivity index (χ1v) is 8.23. The maximum atomic E-state index is 13.0. The van der Waals surface area contributed by atoms with Crippen molar-refractivity contribution in [1.82, 2.24) is 4.90 Å². The normalized spacial score (nSPS) is 23.2. The summed E-state index contributed by atoms with van der Waals surface area (Å²) in [6, 6.07) is 4.84. The Kier molecular flexibility index (Phi) is 4.62. The van der Waals surface area contributed by atoms with Crippen molar-refractivity contribution in [2.24, 2.45) is 11.8 Å². The number of fused-ring (bicyclic) bond motifs is 1. The van der Waals surface area contributed by atoms with Crippen LogP contribution in [0.3, 0.4) is 0 Å². The highest BCUT2D eigenvalue weighted by molar-refractivity contribution is 5.91. The Morgan fingerprint density at radius 1 is 1.16 bits per heavy atom. The number of carbonyl (C=O) groups excluding carboxylic acids is 1. The van der Waals surface area contributed by atoms with E-state index in [2.05, 4.69) is 5.32 Å². The molecule has 1 aromatic carbocycles. The molecular formula is C17H19F3N2O3. The molecule has 25 heavy (non-hydrogen) atoms. The Morgan fingerprint density at radius 2 is 1.88 bits per heavy atom. The zero-order valence-electron chi connectivity index (χ0n) is 13.5. The summed E-state index contributed by atoms with van der Waals surface area (Å²) in [5, 5.41) is 11.7. The molecule has 2 N–H and O–H groups in total. The van der Waals surface area contributed by atoms with Crippen molar-refractivity contribution < 1.29 is 27.9 Å². The molecule has 136 valence electrons. The highest BCUT2D eigenvalue weighted by Gasteiger charge is 2.53. The third kappa shape index (κ3) is 3.57. The summed E-state index contributed by atoms with van der Waals surface area (Å²) in [6.07, 6.45) is -0.844. The first-order valence-electron chi connectivity index (χ1n) is 8.23. The maximum Gasteiger partial charge on any atom is 0.394 e. The molecule has 8 heteroatoms. The van der Waals surface area contributed by atoms with E-state index in [0.29, 0.717) is 5.69 Å². The first-order chi connectivity index (χ1) is 11.8. The quantitative estimate of drug-likeness (QED) is 0.854. The zero-order valence-corrected chi connectivity index (χ0v) is 13.5. The van der Waals surface area contributed by atoms with Crippen molar-refractivity contribution in [3.05, 3.63) is 29.3 Å². The van der Waals surface area contributed by atoms with Gasteiger partial charge in [0.1, 0.15) is 0 Å². The van der Waals surface area contributed by atoms with Gasteiger partial charge in [0, 0.05) is 18.8 Å². The number of alkyl halides is 3. The topological polar surface area (TPSA) is 69.6 Å². The van der Waals surface area contributed by atoms with Gasteiger partial charge in [-0.05, 0) is 42.9 Å². The lowest BCUT2D eigenvalue weighted by Crippen LogP contribution is -2.35. The SMILES string of the molecule is O=C(O)[C@@H]1CN(C(=O)Nc2cccc3c2CCCC3)C[C@H]1C(F)(F)F. The van der Waals surface area contributed by atoms with Crippen LogP contribution in [0.4, 0.5) is 23.7 Å². The van der Waals surface area contributed by atoms with Crippen molar-refractivity contribution in [1.29, 1.82) is 0 Å². The Balaban J connectivity index is 1.75. The van der Waals surface area contributed by atoms with Crippen LogP contribution >= 0.6 is 0 Å². The van der Waals surface area contributed by atoms with Crippen LogP contribution in [0.5, 0.6) is 0 Å². The average Bonchev–Trinajstić information content (AvgIpc) is 3.01. The van der Waals surface area contributed by atoms with Gasteiger partial charge in [-0.3, -0.25) is 4.79 Å². The smallest absolute Gasteiger partial charge is 0.394 e. The number of likely N-dealkylation sites (tertiary alicyclic amines) is 1. The Hall–Kier alpha value is -2.25. The summed E-state index contributed by atoms with van der Waals surface area (Å²) >= 11 is 0. The van der Waals surface area contributed by atoms with E-state index in [1.807, 2.05) is 12.1 Å². The van der Waals surface area contributed by atoms with E-state index >= 15 is 0 Å². The van der Waals surface area contributed by atoms with Crippen molar-refractivity contribution in [3.8, 4) is 0 Å². The summed E-state index contributed by atoms with van der Waals surface area (Å²) in [7, 11) is 0. The summed E-state index contributed by atoms with van der Waals surface area (Å²) in [6.45, 7) is -1.08. The number of halogens is 3. The number of nitrogens with one attached hydrogen (secondary N) is 1. The lowest BCUT2D eigenvalue weighted by molar-refractivity contribution is -0.187. The predicted molar refractivity (Wildman–Crippen MR) is 84.3 cm³/mol. The molecule has 0 aromatic heterocycles. The Morgan fingerprint density at radius 3 is 2.52 bits per heavy atom. The van der Waals surface area contributed by atoms with Gasteiger partial charge in [-0.2, -0.15) is 13.2 Å². The fraction of sp³-hybridized carbons (Fsp3) is 0.529. The number of aryl methyl sites for hydroxylation is 1. The number of anilines is 1. The minimum atomic E-state index is -4.65. The number of rotatable bonds is 2. The molecule has 1 saturated heterocycles. The maximum absolute atomic E-state index is 13.0. The molecule has 0 spiro atoms. The molecule has 1 aromatic rings. The number of hydrogen-bond acceptors (Lipinski definition) is 2. The molecule has 2 atom stereocenters. The van der Waals surface area contributed by atoms with Crippen LogP contribution in [-0.2, 0) is 17.6 Å². The van der Waals surface area contributed by atoms with Crippen molar-refractivity contribution in [2.45, 2.75) is 31.9 Å². The van der Waals surface area contributed by atoms with Crippen LogP contribution in [0, 0.1) is 11.8 Å². The second-order valence-corrected chi connectivity index (χ2v) is 6.58. The fourth-order valence-electron chi connectivity index (χ4n) is 3.64. The van der Waals surface area contributed by atoms with Gasteiger partial charge >= 0.3 is 18.2 Å². The average molecular weight is 356 g/mol. The molecule has 1 heterocycles. The van der Waals surface area contributed by atoms with E-state index in [4.69, 9.17) is 5.11 Å². The lowest BCUT2D eigenvalue weighted by atomic mass is 9.90. The van der Waals surface area contributed by atoms with Crippen LogP contribution < -0.4 is 5.32 Å². The first kappa shape index (κ1) is 17.6. The van der Waals surface area contributed by atoms with Crippen molar-refractivity contribution >= 4 is 17.7 Å². The number of nitrogens with zero attached hydrogens (tertiary/aromatic N) is 1. The summed E-state index contributed by atoms with van der Waals surface area (Å²) < 4.78 is 39.1. The molecule has 5 nitrogen and oxygen atoms in total. The third-order valence-electron chi connectivity index (χ3n) is 4.98. The van der Waals surface area contributed by atoms with E-state index in [-0.39, 0.29) is 0 Å². The molecule has 0 bridgehead atoms. The van der Waals surface area contributed by atoms with Crippen molar-refractivity contribution in [2.75, 3.05) is 18.4 Å². The van der Waals surface area contributed by atoms with E-state index in [1.54, 1.807) is 6.07 Å². The second-order valence-electron chi connectivity index (χ2n) is 6.58. The van der Waals surface area contributed by atoms with Gasteiger partial charge in [-0.25, -0.2) is 4.79 Å². The number of hydrogen-bond donors (Lipinski definition) is 2. The standard InChI is InChI=1S/C17H19F3N2O3/c18-17(19,20)13-9-22(8-12(13)15(23)24)16(25)21-14-7-3-5-10-4-1-2-6-11(10)14/h3,5,7,12-13H,1-2,4,6,8-9H2,(H,21,25)(H,23,24)/t12-,13-/m1/s1. The van der Waals surface area contributed by atoms with Gasteiger partial charge < -0.3 is 15.3 Å². The van der Waals surface area contributed by atoms with Crippen LogP contribution in [0.25, 0.3) is 0 Å². The molecule has 2 aliphatic rings. The number of benzene rings is 1. The van der Waals surface area contributed by atoms with Crippen LogP contribution in [0.1, 0.15) is 24.0 Å². The molecule has 2 amide bonds. The number of urea groups is 1. The van der Waals surface area contributed by atoms with Gasteiger partial charge in [-0.1, -0.05) is 12.1 Å². The second kappa shape index (κ2) is 6.57. The van der Waals surface area contributed by atoms with Crippen LogP contribution in [0.15, 0.2) is 18.2 Å². The van der Waals surface area contributed by atoms with Gasteiger partial charge in [0.05, 0.1) is 11.8 Å². The molecular weight excluding hydrogens is 337 g/mol. The fourth-order valence-corrected chi connectivity index (χ4v) is 3.64. The monoisotopic (exact) mass is 356 g/mol. The summed E-state index contributed by atoms with van der Waals surface area (Å²) in [4.78, 5) is 24.5. The van der Waals surface area contributed by atoms with Crippen LogP contribution in [-0.4, -0.2) is 41.3 Å². The van der Waals surface area contributed by atoms with E-state index in [9.17, 15) is 22.8 Å². The molecule has 1 aliphatic carbocycles. The lowest BCUT2D eigenvalue weighted by Gasteiger charge is -2.22. The van der Waals surface area contributed by atoms with Gasteiger partial charge in [0.2, 0.25) is 0 Å². The van der Waals surface area contributed by atoms with E-state index in [0.717, 1.165) is 41.7 Å². The summed E-state index contributed by atoms with van der Waals surface area (Å²) in [5.41, 5.74) is 2.76. The number of carbonyl (C=O) groups is 2. The van der Waals surface area contributed by atoms with Gasteiger partial charge in [-0.15, -0.1) is 0 Å². The molecule has 1 fully saturated rings. The highest BCUT2D eigenvalue weighted by atomic mass is 19.4. The van der Waals surface area contributed by atoms with E-state index in [1.165, 1.54) is 0 Å².